The predicted molar refractivity (Wildman–Crippen MR) is 75.1 cm³/mol. The first-order chi connectivity index (χ1) is 7.66. The fraction of sp³-hybridized carbons (Fsp3) is 0.667. The minimum absolute atomic E-state index is 0.161. The van der Waals surface area contributed by atoms with E-state index in [9.17, 15) is 0 Å². The lowest BCUT2D eigenvalue weighted by Crippen LogP contribution is -2.10. The summed E-state index contributed by atoms with van der Waals surface area (Å²) in [4.78, 5) is 1.20. The van der Waals surface area contributed by atoms with Gasteiger partial charge in [-0.2, -0.15) is 0 Å². The Morgan fingerprint density at radius 2 is 2.19 bits per heavy atom. The summed E-state index contributed by atoms with van der Waals surface area (Å²) in [6.45, 7) is 0. The van der Waals surface area contributed by atoms with Crippen molar-refractivity contribution in [3.63, 3.8) is 0 Å². The van der Waals surface area contributed by atoms with Crippen molar-refractivity contribution in [2.75, 3.05) is 0 Å². The highest BCUT2D eigenvalue weighted by atomic mass is 79.9. The van der Waals surface area contributed by atoms with Crippen molar-refractivity contribution in [2.24, 2.45) is 11.7 Å². The second-order valence-electron chi connectivity index (χ2n) is 4.60. The van der Waals surface area contributed by atoms with Crippen molar-refractivity contribution in [2.45, 2.75) is 44.6 Å². The monoisotopic (exact) mass is 321 g/mol. The van der Waals surface area contributed by atoms with Crippen LogP contribution >= 0.6 is 38.9 Å². The van der Waals surface area contributed by atoms with Crippen LogP contribution in [0.4, 0.5) is 0 Å². The van der Waals surface area contributed by atoms with Crippen LogP contribution in [0.5, 0.6) is 0 Å². The molecule has 0 radical (unpaired) electrons. The highest BCUT2D eigenvalue weighted by Crippen LogP contribution is 2.37. The van der Waals surface area contributed by atoms with E-state index in [-0.39, 0.29) is 6.04 Å². The molecule has 0 saturated heterocycles. The summed E-state index contributed by atoms with van der Waals surface area (Å²) in [6, 6.07) is 2.16. The van der Waals surface area contributed by atoms with Crippen LogP contribution in [0, 0.1) is 5.92 Å². The summed E-state index contributed by atoms with van der Waals surface area (Å²) in [5.74, 6) is 0.921. The highest BCUT2D eigenvalue weighted by Gasteiger charge is 2.18. The Labute approximate surface area is 114 Å². The fourth-order valence-electron chi connectivity index (χ4n) is 2.40. The van der Waals surface area contributed by atoms with E-state index >= 15 is 0 Å². The first kappa shape index (κ1) is 12.9. The molecule has 1 aromatic heterocycles. The second-order valence-corrected chi connectivity index (χ2v) is 7.41. The van der Waals surface area contributed by atoms with Crippen LogP contribution in [-0.4, -0.2) is 0 Å². The summed E-state index contributed by atoms with van der Waals surface area (Å²) in [6.07, 6.45) is 8.00. The first-order valence-electron chi connectivity index (χ1n) is 5.87. The van der Waals surface area contributed by atoms with E-state index < -0.39 is 0 Å². The summed E-state index contributed by atoms with van der Waals surface area (Å²) in [7, 11) is 0. The van der Waals surface area contributed by atoms with E-state index in [2.05, 4.69) is 15.9 Å². The van der Waals surface area contributed by atoms with Gasteiger partial charge < -0.3 is 5.73 Å². The van der Waals surface area contributed by atoms with Crippen molar-refractivity contribution in [3.05, 3.63) is 19.8 Å². The predicted octanol–water partition coefficient (Wildman–Crippen LogP) is 5.13. The number of hydrogen-bond acceptors (Lipinski definition) is 2. The fourth-order valence-corrected chi connectivity index (χ4v) is 4.19. The molecule has 1 aromatic rings. The Morgan fingerprint density at radius 1 is 1.50 bits per heavy atom. The van der Waals surface area contributed by atoms with Crippen LogP contribution in [-0.2, 0) is 0 Å². The van der Waals surface area contributed by atoms with Crippen LogP contribution in [0.15, 0.2) is 9.85 Å². The zero-order valence-corrected chi connectivity index (χ0v) is 12.4. The van der Waals surface area contributed by atoms with Crippen molar-refractivity contribution in [3.8, 4) is 0 Å². The molecule has 16 heavy (non-hydrogen) atoms. The van der Waals surface area contributed by atoms with Crippen LogP contribution < -0.4 is 5.73 Å². The van der Waals surface area contributed by atoms with Crippen LogP contribution in [0.3, 0.4) is 0 Å². The quantitative estimate of drug-likeness (QED) is 0.816. The number of halogens is 2. The smallest absolute Gasteiger partial charge is 0.0887 e. The lowest BCUT2D eigenvalue weighted by Gasteiger charge is -2.13. The van der Waals surface area contributed by atoms with Crippen LogP contribution in [0.2, 0.25) is 5.02 Å². The number of thiophene rings is 1. The normalized spacial score (nSPS) is 19.2. The van der Waals surface area contributed by atoms with E-state index in [1.54, 1.807) is 11.3 Å². The van der Waals surface area contributed by atoms with E-state index in [4.69, 9.17) is 17.3 Å². The topological polar surface area (TPSA) is 26.0 Å². The van der Waals surface area contributed by atoms with Gasteiger partial charge in [0.1, 0.15) is 0 Å². The highest BCUT2D eigenvalue weighted by molar-refractivity contribution is 9.11. The van der Waals surface area contributed by atoms with Crippen molar-refractivity contribution in [1.82, 2.24) is 0 Å². The SMILES string of the molecule is NC(CCC1CCCC1)c1cc(Cl)c(Br)s1. The third-order valence-corrected chi connectivity index (χ3v) is 6.00. The average Bonchev–Trinajstić information content (AvgIpc) is 2.86. The summed E-state index contributed by atoms with van der Waals surface area (Å²) in [5.41, 5.74) is 6.19. The first-order valence-corrected chi connectivity index (χ1v) is 7.86. The molecule has 1 aliphatic rings. The molecule has 2 N–H and O–H groups in total. The lowest BCUT2D eigenvalue weighted by atomic mass is 9.98. The van der Waals surface area contributed by atoms with E-state index in [1.807, 2.05) is 6.07 Å². The maximum Gasteiger partial charge on any atom is 0.0887 e. The molecule has 1 aliphatic carbocycles. The van der Waals surface area contributed by atoms with Crippen LogP contribution in [0.25, 0.3) is 0 Å². The van der Waals surface area contributed by atoms with E-state index in [0.717, 1.165) is 21.1 Å². The standard InChI is InChI=1S/C12H17BrClNS/c13-12-9(14)7-11(16-12)10(15)6-5-8-3-1-2-4-8/h7-8,10H,1-6,15H2. The maximum atomic E-state index is 6.19. The van der Waals surface area contributed by atoms with Gasteiger partial charge in [-0.3, -0.25) is 0 Å². The van der Waals surface area contributed by atoms with Gasteiger partial charge in [0, 0.05) is 10.9 Å². The molecule has 1 fully saturated rings. The van der Waals surface area contributed by atoms with Gasteiger partial charge in [-0.15, -0.1) is 11.3 Å². The molecule has 1 unspecified atom stereocenters. The number of rotatable bonds is 4. The van der Waals surface area contributed by atoms with Crippen molar-refractivity contribution < 1.29 is 0 Å². The van der Waals surface area contributed by atoms with Gasteiger partial charge in [-0.1, -0.05) is 37.3 Å². The van der Waals surface area contributed by atoms with E-state index in [0.29, 0.717) is 0 Å². The molecule has 4 heteroatoms. The molecule has 1 heterocycles. The molecule has 0 aliphatic heterocycles. The van der Waals surface area contributed by atoms with Gasteiger partial charge in [-0.25, -0.2) is 0 Å². The summed E-state index contributed by atoms with van der Waals surface area (Å²) in [5, 5.41) is 0.788. The molecule has 0 aromatic carbocycles. The Hall–Kier alpha value is 0.430. The van der Waals surface area contributed by atoms with Gasteiger partial charge in [0.15, 0.2) is 0 Å². The molecule has 1 nitrogen and oxygen atoms in total. The van der Waals surface area contributed by atoms with Crippen LogP contribution in [0.1, 0.15) is 49.4 Å². The number of nitrogens with two attached hydrogens (primary N) is 1. The van der Waals surface area contributed by atoms with Gasteiger partial charge in [0.05, 0.1) is 8.81 Å². The molecule has 0 bridgehead atoms. The molecule has 0 amide bonds. The van der Waals surface area contributed by atoms with E-state index in [1.165, 1.54) is 37.0 Å². The zero-order chi connectivity index (χ0) is 11.5. The second kappa shape index (κ2) is 5.85. The molecule has 1 saturated carbocycles. The van der Waals surface area contributed by atoms with Gasteiger partial charge >= 0.3 is 0 Å². The Morgan fingerprint density at radius 3 is 2.75 bits per heavy atom. The minimum atomic E-state index is 0.161. The van der Waals surface area contributed by atoms with Gasteiger partial charge in [-0.05, 0) is 40.8 Å². The largest absolute Gasteiger partial charge is 0.323 e. The van der Waals surface area contributed by atoms with Gasteiger partial charge in [0.25, 0.3) is 0 Å². The van der Waals surface area contributed by atoms with Gasteiger partial charge in [0.2, 0.25) is 0 Å². The molecule has 0 spiro atoms. The molecular formula is C12H17BrClNS. The van der Waals surface area contributed by atoms with Crippen molar-refractivity contribution in [1.29, 1.82) is 0 Å². The molecule has 90 valence electrons. The summed E-state index contributed by atoms with van der Waals surface area (Å²) < 4.78 is 1.00. The minimum Gasteiger partial charge on any atom is -0.323 e. The molecular weight excluding hydrogens is 306 g/mol. The Kier molecular flexibility index (Phi) is 4.71. The lowest BCUT2D eigenvalue weighted by molar-refractivity contribution is 0.456. The average molecular weight is 323 g/mol. The Balaban J connectivity index is 1.84. The maximum absolute atomic E-state index is 6.19. The third-order valence-electron chi connectivity index (χ3n) is 3.39. The third kappa shape index (κ3) is 3.22. The molecule has 1 atom stereocenters. The zero-order valence-electron chi connectivity index (χ0n) is 9.22. The van der Waals surface area contributed by atoms with Crippen molar-refractivity contribution >= 4 is 38.9 Å². The Bertz CT molecular complexity index is 327. The summed E-state index contributed by atoms with van der Waals surface area (Å²) >= 11 is 11.1. The number of hydrogen-bond donors (Lipinski definition) is 1. The molecule has 2 rings (SSSR count).